The summed E-state index contributed by atoms with van der Waals surface area (Å²) in [4.78, 5) is 4.30. The molecule has 0 amide bonds. The Morgan fingerprint density at radius 1 is 1.57 bits per heavy atom. The fourth-order valence-electron chi connectivity index (χ4n) is 1.78. The number of nitrogens with one attached hydrogen (secondary N) is 1. The number of aryl methyl sites for hydroxylation is 1. The van der Waals surface area contributed by atoms with Crippen molar-refractivity contribution in [3.63, 3.8) is 0 Å². The van der Waals surface area contributed by atoms with Crippen molar-refractivity contribution in [3.05, 3.63) is 23.9 Å². The first-order chi connectivity index (χ1) is 6.74. The molecule has 1 N–H and O–H groups in total. The van der Waals surface area contributed by atoms with Gasteiger partial charge in [0.1, 0.15) is 5.82 Å². The van der Waals surface area contributed by atoms with Crippen molar-refractivity contribution >= 4 is 5.82 Å². The van der Waals surface area contributed by atoms with Crippen molar-refractivity contribution < 1.29 is 0 Å². The Morgan fingerprint density at radius 2 is 2.36 bits per heavy atom. The molecule has 0 saturated heterocycles. The van der Waals surface area contributed by atoms with Crippen molar-refractivity contribution in [1.29, 1.82) is 0 Å². The lowest BCUT2D eigenvalue weighted by atomic mass is 10.1. The molecular weight excluding hydrogens is 172 g/mol. The predicted octanol–water partition coefficient (Wildman–Crippen LogP) is 2.99. The van der Waals surface area contributed by atoms with E-state index in [9.17, 15) is 0 Å². The molecule has 1 aromatic rings. The highest BCUT2D eigenvalue weighted by atomic mass is 15.0. The number of hydrogen-bond acceptors (Lipinski definition) is 2. The number of pyridine rings is 1. The van der Waals surface area contributed by atoms with E-state index in [0.717, 1.165) is 11.7 Å². The molecule has 1 saturated carbocycles. The topological polar surface area (TPSA) is 24.9 Å². The van der Waals surface area contributed by atoms with Crippen molar-refractivity contribution in [2.24, 2.45) is 5.92 Å². The number of hydrogen-bond donors (Lipinski definition) is 1. The molecular formula is C12H18N2. The van der Waals surface area contributed by atoms with Crippen LogP contribution < -0.4 is 5.32 Å². The largest absolute Gasteiger partial charge is 0.368 e. The molecule has 1 aliphatic carbocycles. The molecule has 2 nitrogen and oxygen atoms in total. The van der Waals surface area contributed by atoms with Gasteiger partial charge >= 0.3 is 0 Å². The summed E-state index contributed by atoms with van der Waals surface area (Å²) in [5.74, 6) is 1.99. The Labute approximate surface area is 85.7 Å². The summed E-state index contributed by atoms with van der Waals surface area (Å²) in [5.41, 5.74) is 1.26. The Kier molecular flexibility index (Phi) is 2.71. The van der Waals surface area contributed by atoms with E-state index in [1.807, 2.05) is 12.3 Å². The minimum Gasteiger partial charge on any atom is -0.368 e. The van der Waals surface area contributed by atoms with Crippen molar-refractivity contribution in [2.75, 3.05) is 5.32 Å². The Morgan fingerprint density at radius 3 is 3.00 bits per heavy atom. The van der Waals surface area contributed by atoms with Gasteiger partial charge in [-0.2, -0.15) is 0 Å². The summed E-state index contributed by atoms with van der Waals surface area (Å²) < 4.78 is 0. The smallest absolute Gasteiger partial charge is 0.126 e. The zero-order valence-corrected chi connectivity index (χ0v) is 8.96. The molecule has 1 atom stereocenters. The third-order valence-electron chi connectivity index (χ3n) is 2.69. The number of nitrogens with zero attached hydrogens (tertiary/aromatic N) is 1. The molecule has 14 heavy (non-hydrogen) atoms. The second-order valence-corrected chi connectivity index (χ2v) is 4.44. The highest BCUT2D eigenvalue weighted by molar-refractivity contribution is 5.37. The zero-order valence-electron chi connectivity index (χ0n) is 8.96. The van der Waals surface area contributed by atoms with Gasteiger partial charge in [-0.3, -0.25) is 0 Å². The molecule has 1 aliphatic rings. The summed E-state index contributed by atoms with van der Waals surface area (Å²) in [6.07, 6.45) is 6.00. The van der Waals surface area contributed by atoms with E-state index < -0.39 is 0 Å². The molecule has 0 aliphatic heterocycles. The number of anilines is 1. The average molecular weight is 190 g/mol. The molecule has 2 rings (SSSR count). The van der Waals surface area contributed by atoms with E-state index in [4.69, 9.17) is 0 Å². The molecule has 1 heterocycles. The highest BCUT2D eigenvalue weighted by Gasteiger charge is 2.23. The summed E-state index contributed by atoms with van der Waals surface area (Å²) >= 11 is 0. The fourth-order valence-corrected chi connectivity index (χ4v) is 1.78. The minimum absolute atomic E-state index is 0.553. The van der Waals surface area contributed by atoms with Crippen LogP contribution in [0.3, 0.4) is 0 Å². The lowest BCUT2D eigenvalue weighted by Crippen LogP contribution is -2.16. The fraction of sp³-hybridized carbons (Fsp3) is 0.583. The third kappa shape index (κ3) is 2.72. The number of rotatable bonds is 4. The van der Waals surface area contributed by atoms with Gasteiger partial charge in [0.2, 0.25) is 0 Å². The average Bonchev–Trinajstić information content (AvgIpc) is 2.87. The molecule has 0 spiro atoms. The van der Waals surface area contributed by atoms with Gasteiger partial charge in [-0.15, -0.1) is 0 Å². The van der Waals surface area contributed by atoms with E-state index in [0.29, 0.717) is 6.04 Å². The van der Waals surface area contributed by atoms with Gasteiger partial charge in [-0.25, -0.2) is 4.98 Å². The van der Waals surface area contributed by atoms with Crippen LogP contribution in [-0.4, -0.2) is 11.0 Å². The maximum absolute atomic E-state index is 4.30. The van der Waals surface area contributed by atoms with Gasteiger partial charge in [0.05, 0.1) is 0 Å². The van der Waals surface area contributed by atoms with E-state index in [1.165, 1.54) is 24.8 Å². The van der Waals surface area contributed by atoms with Crippen LogP contribution in [0.1, 0.15) is 31.7 Å². The first-order valence-electron chi connectivity index (χ1n) is 5.43. The maximum atomic E-state index is 4.30. The normalized spacial score (nSPS) is 17.9. The van der Waals surface area contributed by atoms with Gasteiger partial charge in [0, 0.05) is 12.2 Å². The van der Waals surface area contributed by atoms with Crippen molar-refractivity contribution in [1.82, 2.24) is 4.98 Å². The monoisotopic (exact) mass is 190 g/mol. The first-order valence-corrected chi connectivity index (χ1v) is 5.43. The van der Waals surface area contributed by atoms with Crippen LogP contribution in [0.4, 0.5) is 5.82 Å². The molecule has 76 valence electrons. The van der Waals surface area contributed by atoms with Gasteiger partial charge in [0.15, 0.2) is 0 Å². The molecule has 0 aromatic carbocycles. The maximum Gasteiger partial charge on any atom is 0.126 e. The van der Waals surface area contributed by atoms with Crippen LogP contribution in [-0.2, 0) is 0 Å². The standard InChI is InChI=1S/C12H18N2/c1-9-5-6-13-12(7-9)14-10(2)8-11-3-4-11/h5-7,10-11H,3-4,8H2,1-2H3,(H,13,14). The Bertz CT molecular complexity index is 305. The third-order valence-corrected chi connectivity index (χ3v) is 2.69. The van der Waals surface area contributed by atoms with E-state index in [-0.39, 0.29) is 0 Å². The van der Waals surface area contributed by atoms with E-state index in [1.54, 1.807) is 0 Å². The highest BCUT2D eigenvalue weighted by Crippen LogP contribution is 2.33. The quantitative estimate of drug-likeness (QED) is 0.789. The molecule has 1 aromatic heterocycles. The lowest BCUT2D eigenvalue weighted by molar-refractivity contribution is 0.640. The number of aromatic nitrogens is 1. The predicted molar refractivity (Wildman–Crippen MR) is 59.4 cm³/mol. The van der Waals surface area contributed by atoms with Crippen molar-refractivity contribution in [2.45, 2.75) is 39.2 Å². The molecule has 1 fully saturated rings. The Balaban J connectivity index is 1.88. The molecule has 0 bridgehead atoms. The summed E-state index contributed by atoms with van der Waals surface area (Å²) in [6, 6.07) is 4.68. The second kappa shape index (κ2) is 3.99. The van der Waals surface area contributed by atoms with Gasteiger partial charge in [-0.05, 0) is 43.9 Å². The van der Waals surface area contributed by atoms with E-state index >= 15 is 0 Å². The zero-order chi connectivity index (χ0) is 9.97. The van der Waals surface area contributed by atoms with Gasteiger partial charge < -0.3 is 5.32 Å². The van der Waals surface area contributed by atoms with Crippen molar-refractivity contribution in [3.8, 4) is 0 Å². The lowest BCUT2D eigenvalue weighted by Gasteiger charge is -2.13. The van der Waals surface area contributed by atoms with Gasteiger partial charge in [0.25, 0.3) is 0 Å². The van der Waals surface area contributed by atoms with Crippen LogP contribution in [0.25, 0.3) is 0 Å². The summed E-state index contributed by atoms with van der Waals surface area (Å²) in [7, 11) is 0. The first kappa shape index (κ1) is 9.50. The molecule has 2 heteroatoms. The summed E-state index contributed by atoms with van der Waals surface area (Å²) in [5, 5.41) is 3.44. The van der Waals surface area contributed by atoms with E-state index in [2.05, 4.69) is 30.2 Å². The van der Waals surface area contributed by atoms with Crippen LogP contribution in [0.2, 0.25) is 0 Å². The molecule has 0 radical (unpaired) electrons. The van der Waals surface area contributed by atoms with Crippen LogP contribution in [0.5, 0.6) is 0 Å². The second-order valence-electron chi connectivity index (χ2n) is 4.44. The van der Waals surface area contributed by atoms with Crippen LogP contribution >= 0.6 is 0 Å². The SMILES string of the molecule is Cc1ccnc(NC(C)CC2CC2)c1. The summed E-state index contributed by atoms with van der Waals surface area (Å²) in [6.45, 7) is 4.33. The Hall–Kier alpha value is -1.05. The van der Waals surface area contributed by atoms with Crippen LogP contribution in [0.15, 0.2) is 18.3 Å². The minimum atomic E-state index is 0.553. The van der Waals surface area contributed by atoms with Gasteiger partial charge in [-0.1, -0.05) is 12.8 Å². The van der Waals surface area contributed by atoms with Crippen LogP contribution in [0, 0.1) is 12.8 Å². The molecule has 1 unspecified atom stereocenters.